The maximum absolute atomic E-state index is 9.34. The predicted molar refractivity (Wildman–Crippen MR) is 71.2 cm³/mol. The number of pyridine rings is 1. The summed E-state index contributed by atoms with van der Waals surface area (Å²) in [6.07, 6.45) is 3.54. The smallest absolute Gasteiger partial charge is 0.0703 e. The minimum atomic E-state index is 0.0544. The molecule has 0 aromatic carbocycles. The second-order valence-electron chi connectivity index (χ2n) is 3.76. The zero-order valence-corrected chi connectivity index (χ0v) is 10.7. The number of hydrogen-bond acceptors (Lipinski definition) is 4. The van der Waals surface area contributed by atoms with Crippen molar-refractivity contribution in [2.24, 2.45) is 0 Å². The molecule has 3 nitrogen and oxygen atoms in total. The van der Waals surface area contributed by atoms with E-state index >= 15 is 0 Å². The van der Waals surface area contributed by atoms with E-state index in [9.17, 15) is 5.11 Å². The van der Waals surface area contributed by atoms with E-state index in [0.717, 1.165) is 24.3 Å². The first-order valence-corrected chi connectivity index (χ1v) is 6.54. The summed E-state index contributed by atoms with van der Waals surface area (Å²) in [6, 6.07) is 6.05. The van der Waals surface area contributed by atoms with Crippen molar-refractivity contribution in [2.75, 3.05) is 11.4 Å². The number of aliphatic hydroxyl groups is 1. The third-order valence-electron chi connectivity index (χ3n) is 2.71. The first kappa shape index (κ1) is 12.1. The summed E-state index contributed by atoms with van der Waals surface area (Å²) < 4.78 is 0. The molecule has 0 saturated carbocycles. The Kier molecular flexibility index (Phi) is 4.12. The van der Waals surface area contributed by atoms with Crippen LogP contribution in [-0.4, -0.2) is 16.6 Å². The van der Waals surface area contributed by atoms with E-state index in [1.165, 1.54) is 4.88 Å². The van der Waals surface area contributed by atoms with Gasteiger partial charge in [0.05, 0.1) is 25.0 Å². The second kappa shape index (κ2) is 5.80. The lowest BCUT2D eigenvalue weighted by atomic mass is 10.2. The number of rotatable bonds is 5. The van der Waals surface area contributed by atoms with Gasteiger partial charge in [-0.05, 0) is 24.4 Å². The van der Waals surface area contributed by atoms with Crippen molar-refractivity contribution >= 4 is 17.0 Å². The standard InChI is InChI=1S/C13H16N2OS/c1-2-15(9-12-4-3-7-17-12)13-8-14-6-5-11(13)10-16/h3-8,16H,2,9-10H2,1H3. The minimum absolute atomic E-state index is 0.0544. The maximum Gasteiger partial charge on any atom is 0.0703 e. The van der Waals surface area contributed by atoms with Gasteiger partial charge >= 0.3 is 0 Å². The van der Waals surface area contributed by atoms with Gasteiger partial charge in [-0.15, -0.1) is 11.3 Å². The fourth-order valence-electron chi connectivity index (χ4n) is 1.79. The highest BCUT2D eigenvalue weighted by molar-refractivity contribution is 7.09. The normalized spacial score (nSPS) is 10.5. The van der Waals surface area contributed by atoms with E-state index in [4.69, 9.17) is 0 Å². The van der Waals surface area contributed by atoms with Gasteiger partial charge in [-0.3, -0.25) is 4.98 Å². The molecule has 0 aliphatic carbocycles. The van der Waals surface area contributed by atoms with E-state index in [2.05, 4.69) is 34.3 Å². The summed E-state index contributed by atoms with van der Waals surface area (Å²) in [5.41, 5.74) is 1.95. The molecule has 0 unspecified atom stereocenters. The van der Waals surface area contributed by atoms with Crippen LogP contribution in [0.1, 0.15) is 17.4 Å². The molecule has 0 spiro atoms. The Morgan fingerprint density at radius 2 is 2.29 bits per heavy atom. The first-order chi connectivity index (χ1) is 8.35. The van der Waals surface area contributed by atoms with Gasteiger partial charge < -0.3 is 10.0 Å². The summed E-state index contributed by atoms with van der Waals surface area (Å²) in [6.45, 7) is 3.93. The monoisotopic (exact) mass is 248 g/mol. The van der Waals surface area contributed by atoms with E-state index in [1.54, 1.807) is 17.5 Å². The van der Waals surface area contributed by atoms with Crippen LogP contribution in [-0.2, 0) is 13.2 Å². The van der Waals surface area contributed by atoms with Gasteiger partial charge in [-0.25, -0.2) is 0 Å². The molecule has 0 aliphatic heterocycles. The highest BCUT2D eigenvalue weighted by Gasteiger charge is 2.10. The molecule has 17 heavy (non-hydrogen) atoms. The van der Waals surface area contributed by atoms with E-state index in [0.29, 0.717) is 0 Å². The topological polar surface area (TPSA) is 36.4 Å². The third-order valence-corrected chi connectivity index (χ3v) is 3.57. The Balaban J connectivity index is 2.22. The number of nitrogens with zero attached hydrogens (tertiary/aromatic N) is 2. The summed E-state index contributed by atoms with van der Waals surface area (Å²) in [5, 5.41) is 11.4. The highest BCUT2D eigenvalue weighted by atomic mass is 32.1. The van der Waals surface area contributed by atoms with Crippen LogP contribution in [0, 0.1) is 0 Å². The molecule has 2 aromatic heterocycles. The maximum atomic E-state index is 9.34. The summed E-state index contributed by atoms with van der Waals surface area (Å²) in [5.74, 6) is 0. The van der Waals surface area contributed by atoms with Crippen LogP contribution in [0.4, 0.5) is 5.69 Å². The average Bonchev–Trinajstić information content (AvgIpc) is 2.89. The van der Waals surface area contributed by atoms with Crippen LogP contribution in [0.15, 0.2) is 36.0 Å². The van der Waals surface area contributed by atoms with Gasteiger partial charge in [0, 0.05) is 23.2 Å². The Hall–Kier alpha value is -1.39. The Morgan fingerprint density at radius 1 is 1.41 bits per heavy atom. The largest absolute Gasteiger partial charge is 0.392 e. The van der Waals surface area contributed by atoms with Crippen LogP contribution >= 0.6 is 11.3 Å². The Bertz CT molecular complexity index is 456. The highest BCUT2D eigenvalue weighted by Crippen LogP contribution is 2.22. The molecule has 0 aliphatic rings. The lowest BCUT2D eigenvalue weighted by Gasteiger charge is -2.24. The molecule has 1 N–H and O–H groups in total. The van der Waals surface area contributed by atoms with Crippen molar-refractivity contribution < 1.29 is 5.11 Å². The first-order valence-electron chi connectivity index (χ1n) is 5.66. The summed E-state index contributed by atoms with van der Waals surface area (Å²) in [7, 11) is 0. The van der Waals surface area contributed by atoms with Crippen LogP contribution < -0.4 is 4.90 Å². The van der Waals surface area contributed by atoms with Crippen molar-refractivity contribution in [3.05, 3.63) is 46.4 Å². The molecule has 0 atom stereocenters. The molecule has 4 heteroatoms. The van der Waals surface area contributed by atoms with E-state index in [-0.39, 0.29) is 6.61 Å². The molecule has 90 valence electrons. The fourth-order valence-corrected chi connectivity index (χ4v) is 2.51. The third kappa shape index (κ3) is 2.84. The summed E-state index contributed by atoms with van der Waals surface area (Å²) in [4.78, 5) is 7.69. The number of anilines is 1. The Labute approximate surface area is 105 Å². The van der Waals surface area contributed by atoms with Gasteiger partial charge in [0.15, 0.2) is 0 Å². The van der Waals surface area contributed by atoms with Gasteiger partial charge in [-0.1, -0.05) is 6.07 Å². The number of hydrogen-bond donors (Lipinski definition) is 1. The number of thiophene rings is 1. The van der Waals surface area contributed by atoms with Crippen LogP contribution in [0.5, 0.6) is 0 Å². The molecule has 0 saturated heterocycles. The molecule has 0 fully saturated rings. The molecule has 0 amide bonds. The lowest BCUT2D eigenvalue weighted by Crippen LogP contribution is -2.23. The summed E-state index contributed by atoms with van der Waals surface area (Å²) >= 11 is 1.75. The van der Waals surface area contributed by atoms with Gasteiger partial charge in [0.2, 0.25) is 0 Å². The van der Waals surface area contributed by atoms with Crippen LogP contribution in [0.25, 0.3) is 0 Å². The predicted octanol–water partition coefficient (Wildman–Crippen LogP) is 2.66. The average molecular weight is 248 g/mol. The van der Waals surface area contributed by atoms with Gasteiger partial charge in [-0.2, -0.15) is 0 Å². The van der Waals surface area contributed by atoms with E-state index in [1.807, 2.05) is 12.3 Å². The zero-order valence-electron chi connectivity index (χ0n) is 9.84. The van der Waals surface area contributed by atoms with Crippen molar-refractivity contribution in [1.29, 1.82) is 0 Å². The lowest BCUT2D eigenvalue weighted by molar-refractivity contribution is 0.282. The second-order valence-corrected chi connectivity index (χ2v) is 4.79. The number of aliphatic hydroxyl groups excluding tert-OH is 1. The minimum Gasteiger partial charge on any atom is -0.392 e. The van der Waals surface area contributed by atoms with E-state index < -0.39 is 0 Å². The molecular weight excluding hydrogens is 232 g/mol. The quantitative estimate of drug-likeness (QED) is 0.883. The Morgan fingerprint density at radius 3 is 2.94 bits per heavy atom. The van der Waals surface area contributed by atoms with Crippen molar-refractivity contribution in [3.8, 4) is 0 Å². The molecule has 2 heterocycles. The van der Waals surface area contributed by atoms with Crippen molar-refractivity contribution in [1.82, 2.24) is 4.98 Å². The molecule has 2 rings (SSSR count). The van der Waals surface area contributed by atoms with Gasteiger partial charge in [0.1, 0.15) is 0 Å². The number of aromatic nitrogens is 1. The SMILES string of the molecule is CCN(Cc1cccs1)c1cnccc1CO. The van der Waals surface area contributed by atoms with Crippen LogP contribution in [0.3, 0.4) is 0 Å². The van der Waals surface area contributed by atoms with Crippen molar-refractivity contribution in [3.63, 3.8) is 0 Å². The molecular formula is C13H16N2OS. The van der Waals surface area contributed by atoms with Crippen LogP contribution in [0.2, 0.25) is 0 Å². The zero-order chi connectivity index (χ0) is 12.1. The van der Waals surface area contributed by atoms with Gasteiger partial charge in [0.25, 0.3) is 0 Å². The fraction of sp³-hybridized carbons (Fsp3) is 0.308. The molecule has 0 radical (unpaired) electrons. The van der Waals surface area contributed by atoms with Crippen molar-refractivity contribution in [2.45, 2.75) is 20.1 Å². The molecule has 0 bridgehead atoms. The molecule has 2 aromatic rings.